The second-order valence-electron chi connectivity index (χ2n) is 4.76. The second-order valence-corrected chi connectivity index (χ2v) is 5.20. The van der Waals surface area contributed by atoms with Crippen molar-refractivity contribution in [2.24, 2.45) is 0 Å². The van der Waals surface area contributed by atoms with Crippen LogP contribution in [0.1, 0.15) is 6.42 Å². The molecule has 1 atom stereocenters. The minimum absolute atomic E-state index is 0.209. The fraction of sp³-hybridized carbons (Fsp3) is 0.267. The predicted molar refractivity (Wildman–Crippen MR) is 79.9 cm³/mol. The van der Waals surface area contributed by atoms with Crippen LogP contribution >= 0.6 is 11.6 Å². The maximum absolute atomic E-state index is 11.9. The fourth-order valence-electron chi connectivity index (χ4n) is 1.80. The minimum Gasteiger partial charge on any atom is -0.464 e. The molecular formula is C15H17ClN2O2. The van der Waals surface area contributed by atoms with Crippen molar-refractivity contribution in [2.45, 2.75) is 12.1 Å². The molecule has 1 aromatic carbocycles. The second kappa shape index (κ2) is 6.01. The van der Waals surface area contributed by atoms with Gasteiger partial charge in [-0.3, -0.25) is 5.32 Å². The number of carbonyl (C=O) groups is 1. The SMILES string of the molecule is CN(C)C(=O)NC1(Oc2ccc(Cl)cc2)C=CC=CC1. The Kier molecular flexibility index (Phi) is 4.35. The number of carbonyl (C=O) groups excluding carboxylic acids is 1. The third-order valence-electron chi connectivity index (χ3n) is 2.87. The van der Waals surface area contributed by atoms with E-state index in [0.29, 0.717) is 17.2 Å². The highest BCUT2D eigenvalue weighted by Gasteiger charge is 2.32. The highest BCUT2D eigenvalue weighted by molar-refractivity contribution is 6.30. The van der Waals surface area contributed by atoms with E-state index in [1.54, 1.807) is 38.4 Å². The highest BCUT2D eigenvalue weighted by Crippen LogP contribution is 2.25. The summed E-state index contributed by atoms with van der Waals surface area (Å²) in [6, 6.07) is 6.84. The molecule has 0 aliphatic heterocycles. The van der Waals surface area contributed by atoms with Gasteiger partial charge < -0.3 is 9.64 Å². The summed E-state index contributed by atoms with van der Waals surface area (Å²) in [7, 11) is 3.38. The molecule has 1 N–H and O–H groups in total. The van der Waals surface area contributed by atoms with Crippen LogP contribution in [0.3, 0.4) is 0 Å². The summed E-state index contributed by atoms with van der Waals surface area (Å²) >= 11 is 5.86. The van der Waals surface area contributed by atoms with Crippen molar-refractivity contribution in [1.82, 2.24) is 10.2 Å². The van der Waals surface area contributed by atoms with Crippen molar-refractivity contribution >= 4 is 17.6 Å². The predicted octanol–water partition coefficient (Wildman–Crippen LogP) is 3.20. The van der Waals surface area contributed by atoms with Crippen LogP contribution in [0.5, 0.6) is 5.75 Å². The van der Waals surface area contributed by atoms with Gasteiger partial charge in [0.25, 0.3) is 0 Å². The van der Waals surface area contributed by atoms with Gasteiger partial charge in [0.1, 0.15) is 5.75 Å². The van der Waals surface area contributed by atoms with Crippen LogP contribution in [-0.2, 0) is 0 Å². The lowest BCUT2D eigenvalue weighted by molar-refractivity contribution is 0.0868. The Hall–Kier alpha value is -1.94. The van der Waals surface area contributed by atoms with Crippen molar-refractivity contribution < 1.29 is 9.53 Å². The Bertz CT molecular complexity index is 537. The van der Waals surface area contributed by atoms with Crippen molar-refractivity contribution in [3.8, 4) is 5.75 Å². The number of allylic oxidation sites excluding steroid dienone is 2. The van der Waals surface area contributed by atoms with Crippen LogP contribution in [0, 0.1) is 0 Å². The average Bonchev–Trinajstić information content (AvgIpc) is 2.42. The number of ether oxygens (including phenoxy) is 1. The van der Waals surface area contributed by atoms with E-state index in [1.165, 1.54) is 4.90 Å². The first kappa shape index (κ1) is 14.5. The van der Waals surface area contributed by atoms with Crippen LogP contribution in [0.2, 0.25) is 5.02 Å². The Balaban J connectivity index is 2.19. The number of amides is 2. The Labute approximate surface area is 123 Å². The molecule has 5 heteroatoms. The summed E-state index contributed by atoms with van der Waals surface area (Å²) in [5, 5.41) is 3.53. The maximum atomic E-state index is 11.9. The highest BCUT2D eigenvalue weighted by atomic mass is 35.5. The number of halogens is 1. The first-order chi connectivity index (χ1) is 9.51. The molecule has 0 bridgehead atoms. The van der Waals surface area contributed by atoms with Crippen molar-refractivity contribution in [3.05, 3.63) is 53.6 Å². The largest absolute Gasteiger partial charge is 0.464 e. The number of urea groups is 1. The fourth-order valence-corrected chi connectivity index (χ4v) is 1.93. The van der Waals surface area contributed by atoms with E-state index < -0.39 is 5.72 Å². The Morgan fingerprint density at radius 2 is 2.00 bits per heavy atom. The first-order valence-electron chi connectivity index (χ1n) is 6.29. The number of nitrogens with one attached hydrogen (secondary N) is 1. The third kappa shape index (κ3) is 3.54. The molecule has 0 heterocycles. The summed E-state index contributed by atoms with van der Waals surface area (Å²) < 4.78 is 5.96. The molecule has 0 fully saturated rings. The van der Waals surface area contributed by atoms with E-state index in [2.05, 4.69) is 5.32 Å². The molecule has 1 aromatic rings. The quantitative estimate of drug-likeness (QED) is 0.869. The molecule has 1 aliphatic rings. The molecule has 0 saturated heterocycles. The van der Waals surface area contributed by atoms with E-state index >= 15 is 0 Å². The lowest BCUT2D eigenvalue weighted by atomic mass is 10.0. The van der Waals surface area contributed by atoms with Crippen molar-refractivity contribution in [3.63, 3.8) is 0 Å². The number of hydrogen-bond donors (Lipinski definition) is 1. The van der Waals surface area contributed by atoms with Gasteiger partial charge in [-0.05, 0) is 30.3 Å². The molecular weight excluding hydrogens is 276 g/mol. The maximum Gasteiger partial charge on any atom is 0.320 e. The van der Waals surface area contributed by atoms with Crippen LogP contribution in [0.4, 0.5) is 4.79 Å². The molecule has 2 amide bonds. The van der Waals surface area contributed by atoms with E-state index in [0.717, 1.165) is 0 Å². The molecule has 106 valence electrons. The van der Waals surface area contributed by atoms with Gasteiger partial charge in [-0.1, -0.05) is 29.8 Å². The summed E-state index contributed by atoms with van der Waals surface area (Å²) in [6.45, 7) is 0. The molecule has 2 rings (SSSR count). The number of nitrogens with zero attached hydrogens (tertiary/aromatic N) is 1. The normalized spacial score (nSPS) is 20.6. The molecule has 4 nitrogen and oxygen atoms in total. The van der Waals surface area contributed by atoms with Gasteiger partial charge in [-0.15, -0.1) is 0 Å². The van der Waals surface area contributed by atoms with E-state index in [-0.39, 0.29) is 6.03 Å². The monoisotopic (exact) mass is 292 g/mol. The lowest BCUT2D eigenvalue weighted by Crippen LogP contribution is -2.54. The van der Waals surface area contributed by atoms with Crippen LogP contribution < -0.4 is 10.1 Å². The molecule has 1 aliphatic carbocycles. The van der Waals surface area contributed by atoms with Crippen molar-refractivity contribution in [2.75, 3.05) is 14.1 Å². The lowest BCUT2D eigenvalue weighted by Gasteiger charge is -2.34. The zero-order valence-electron chi connectivity index (χ0n) is 11.5. The van der Waals surface area contributed by atoms with Crippen molar-refractivity contribution in [1.29, 1.82) is 0 Å². The van der Waals surface area contributed by atoms with Gasteiger partial charge in [-0.25, -0.2) is 4.79 Å². The molecule has 0 aromatic heterocycles. The van der Waals surface area contributed by atoms with Gasteiger partial charge in [0.15, 0.2) is 0 Å². The summed E-state index contributed by atoms with van der Waals surface area (Å²) in [4.78, 5) is 13.4. The van der Waals surface area contributed by atoms with Crippen LogP contribution in [-0.4, -0.2) is 30.8 Å². The van der Waals surface area contributed by atoms with Gasteiger partial charge in [0.05, 0.1) is 0 Å². The molecule has 0 saturated carbocycles. The van der Waals surface area contributed by atoms with Gasteiger partial charge in [0.2, 0.25) is 5.72 Å². The average molecular weight is 293 g/mol. The molecule has 1 unspecified atom stereocenters. The minimum atomic E-state index is -0.871. The Morgan fingerprint density at radius 3 is 2.55 bits per heavy atom. The summed E-state index contributed by atoms with van der Waals surface area (Å²) in [5.41, 5.74) is -0.871. The van der Waals surface area contributed by atoms with Crippen LogP contribution in [0.25, 0.3) is 0 Å². The third-order valence-corrected chi connectivity index (χ3v) is 3.12. The standard InChI is InChI=1S/C15H17ClN2O2/c1-18(2)14(19)17-15(10-4-3-5-11-15)20-13-8-6-12(16)7-9-13/h3-10H,11H2,1-2H3,(H,17,19). The number of hydrogen-bond acceptors (Lipinski definition) is 2. The molecule has 0 radical (unpaired) electrons. The Morgan fingerprint density at radius 1 is 1.30 bits per heavy atom. The summed E-state index contributed by atoms with van der Waals surface area (Å²) in [6.07, 6.45) is 8.13. The molecule has 20 heavy (non-hydrogen) atoms. The zero-order valence-corrected chi connectivity index (χ0v) is 12.2. The first-order valence-corrected chi connectivity index (χ1v) is 6.67. The number of benzene rings is 1. The topological polar surface area (TPSA) is 41.6 Å². The smallest absolute Gasteiger partial charge is 0.320 e. The van der Waals surface area contributed by atoms with Gasteiger partial charge >= 0.3 is 6.03 Å². The molecule has 0 spiro atoms. The summed E-state index contributed by atoms with van der Waals surface area (Å²) in [5.74, 6) is 0.647. The number of rotatable bonds is 3. The van der Waals surface area contributed by atoms with Gasteiger partial charge in [-0.2, -0.15) is 0 Å². The van der Waals surface area contributed by atoms with E-state index in [1.807, 2.05) is 24.3 Å². The van der Waals surface area contributed by atoms with Gasteiger partial charge in [0, 0.05) is 25.5 Å². The zero-order chi connectivity index (χ0) is 14.6. The van der Waals surface area contributed by atoms with E-state index in [9.17, 15) is 4.79 Å². The van der Waals surface area contributed by atoms with E-state index in [4.69, 9.17) is 16.3 Å². The van der Waals surface area contributed by atoms with Crippen LogP contribution in [0.15, 0.2) is 48.6 Å².